The van der Waals surface area contributed by atoms with Crippen molar-refractivity contribution in [3.05, 3.63) is 18.0 Å². The summed E-state index contributed by atoms with van der Waals surface area (Å²) in [5.41, 5.74) is 1.67. The van der Waals surface area contributed by atoms with E-state index in [0.717, 1.165) is 26.1 Å². The molecule has 0 bridgehead atoms. The molecule has 0 aliphatic carbocycles. The average Bonchev–Trinajstić information content (AvgIpc) is 2.79. The summed E-state index contributed by atoms with van der Waals surface area (Å²) in [7, 11) is 3.76. The SMILES string of the molecule is CCCC(C)(CCc1ccnn1C)CNCCOC. The smallest absolute Gasteiger partial charge is 0.0587 e. The van der Waals surface area contributed by atoms with Gasteiger partial charge in [-0.2, -0.15) is 5.10 Å². The van der Waals surface area contributed by atoms with E-state index in [0.29, 0.717) is 5.41 Å². The molecule has 0 aliphatic heterocycles. The topological polar surface area (TPSA) is 39.1 Å². The molecule has 1 aromatic rings. The van der Waals surface area contributed by atoms with E-state index in [4.69, 9.17) is 4.74 Å². The number of aromatic nitrogens is 2. The second-order valence-electron chi connectivity index (χ2n) is 5.68. The fourth-order valence-corrected chi connectivity index (χ4v) is 2.55. The standard InChI is InChI=1S/C15H29N3O/c1-5-8-15(2,13-16-11-12-19-4)9-6-14-7-10-17-18(14)3/h7,10,16H,5-6,8-9,11-13H2,1-4H3. The Labute approximate surface area is 117 Å². The van der Waals surface area contributed by atoms with E-state index in [1.165, 1.54) is 25.0 Å². The molecular formula is C15H29N3O. The molecule has 4 heteroatoms. The molecule has 0 amide bonds. The number of hydrogen-bond acceptors (Lipinski definition) is 3. The lowest BCUT2D eigenvalue weighted by atomic mass is 9.80. The first kappa shape index (κ1) is 16.2. The maximum atomic E-state index is 5.08. The summed E-state index contributed by atoms with van der Waals surface area (Å²) in [5.74, 6) is 0. The Kier molecular flexibility index (Phi) is 7.10. The van der Waals surface area contributed by atoms with Crippen LogP contribution in [0.2, 0.25) is 0 Å². The van der Waals surface area contributed by atoms with Crippen molar-refractivity contribution in [3.63, 3.8) is 0 Å². The number of methoxy groups -OCH3 is 1. The third-order valence-corrected chi connectivity index (χ3v) is 3.80. The zero-order chi connectivity index (χ0) is 14.1. The number of hydrogen-bond donors (Lipinski definition) is 1. The summed E-state index contributed by atoms with van der Waals surface area (Å²) in [6.45, 7) is 7.41. The van der Waals surface area contributed by atoms with Gasteiger partial charge in [0.15, 0.2) is 0 Å². The number of ether oxygens (including phenoxy) is 1. The predicted molar refractivity (Wildman–Crippen MR) is 79.3 cm³/mol. The highest BCUT2D eigenvalue weighted by Crippen LogP contribution is 2.28. The minimum absolute atomic E-state index is 0.354. The molecule has 19 heavy (non-hydrogen) atoms. The lowest BCUT2D eigenvalue weighted by Crippen LogP contribution is -2.34. The van der Waals surface area contributed by atoms with Gasteiger partial charge < -0.3 is 10.1 Å². The maximum Gasteiger partial charge on any atom is 0.0587 e. The summed E-state index contributed by atoms with van der Waals surface area (Å²) < 4.78 is 7.05. The van der Waals surface area contributed by atoms with Crippen molar-refractivity contribution in [2.45, 2.75) is 39.5 Å². The average molecular weight is 267 g/mol. The summed E-state index contributed by atoms with van der Waals surface area (Å²) in [4.78, 5) is 0. The lowest BCUT2D eigenvalue weighted by Gasteiger charge is -2.30. The second kappa shape index (κ2) is 8.33. The molecule has 110 valence electrons. The van der Waals surface area contributed by atoms with Crippen LogP contribution in [0.4, 0.5) is 0 Å². The monoisotopic (exact) mass is 267 g/mol. The van der Waals surface area contributed by atoms with Crippen LogP contribution >= 0.6 is 0 Å². The van der Waals surface area contributed by atoms with Crippen LogP contribution < -0.4 is 5.32 Å². The van der Waals surface area contributed by atoms with E-state index in [1.807, 2.05) is 17.9 Å². The molecule has 0 spiro atoms. The molecule has 0 saturated carbocycles. The van der Waals surface area contributed by atoms with E-state index in [2.05, 4.69) is 30.3 Å². The molecule has 1 atom stereocenters. The Bertz CT molecular complexity index is 351. The minimum atomic E-state index is 0.354. The fourth-order valence-electron chi connectivity index (χ4n) is 2.55. The van der Waals surface area contributed by atoms with Crippen molar-refractivity contribution in [2.24, 2.45) is 12.5 Å². The molecule has 1 aromatic heterocycles. The quantitative estimate of drug-likeness (QED) is 0.662. The van der Waals surface area contributed by atoms with Crippen LogP contribution in [-0.2, 0) is 18.2 Å². The molecule has 0 radical (unpaired) electrons. The predicted octanol–water partition coefficient (Wildman–Crippen LogP) is 2.40. The van der Waals surface area contributed by atoms with Crippen LogP contribution in [0.25, 0.3) is 0 Å². The van der Waals surface area contributed by atoms with Crippen LogP contribution in [0.1, 0.15) is 38.8 Å². The molecule has 0 saturated heterocycles. The zero-order valence-electron chi connectivity index (χ0n) is 12.9. The molecule has 1 rings (SSSR count). The normalized spacial score (nSPS) is 14.5. The van der Waals surface area contributed by atoms with Gasteiger partial charge in [0.2, 0.25) is 0 Å². The molecular weight excluding hydrogens is 238 g/mol. The third-order valence-electron chi connectivity index (χ3n) is 3.80. The summed E-state index contributed by atoms with van der Waals surface area (Å²) in [5, 5.41) is 7.74. The highest BCUT2D eigenvalue weighted by Gasteiger charge is 2.23. The number of rotatable bonds is 10. The Balaban J connectivity index is 2.43. The van der Waals surface area contributed by atoms with Crippen molar-refractivity contribution in [1.82, 2.24) is 15.1 Å². The van der Waals surface area contributed by atoms with E-state index >= 15 is 0 Å². The molecule has 0 aromatic carbocycles. The van der Waals surface area contributed by atoms with Gasteiger partial charge in [-0.25, -0.2) is 0 Å². The van der Waals surface area contributed by atoms with E-state index in [9.17, 15) is 0 Å². The van der Waals surface area contributed by atoms with Crippen molar-refractivity contribution in [3.8, 4) is 0 Å². The van der Waals surface area contributed by atoms with Crippen LogP contribution in [0, 0.1) is 5.41 Å². The Hall–Kier alpha value is -0.870. The van der Waals surface area contributed by atoms with Crippen LogP contribution in [0.15, 0.2) is 12.3 Å². The zero-order valence-corrected chi connectivity index (χ0v) is 12.9. The Morgan fingerprint density at radius 1 is 1.42 bits per heavy atom. The van der Waals surface area contributed by atoms with Gasteiger partial charge in [0, 0.05) is 39.1 Å². The molecule has 0 aliphatic rings. The van der Waals surface area contributed by atoms with Crippen molar-refractivity contribution in [2.75, 3.05) is 26.8 Å². The summed E-state index contributed by atoms with van der Waals surface area (Å²) >= 11 is 0. The Morgan fingerprint density at radius 2 is 2.21 bits per heavy atom. The van der Waals surface area contributed by atoms with Crippen molar-refractivity contribution >= 4 is 0 Å². The van der Waals surface area contributed by atoms with Crippen LogP contribution in [0.3, 0.4) is 0 Å². The van der Waals surface area contributed by atoms with Crippen LogP contribution in [0.5, 0.6) is 0 Å². The van der Waals surface area contributed by atoms with Crippen LogP contribution in [-0.4, -0.2) is 36.6 Å². The third kappa shape index (κ3) is 5.74. The first-order valence-electron chi connectivity index (χ1n) is 7.28. The number of nitrogens with zero attached hydrogens (tertiary/aromatic N) is 2. The van der Waals surface area contributed by atoms with E-state index < -0.39 is 0 Å². The van der Waals surface area contributed by atoms with Crippen molar-refractivity contribution in [1.29, 1.82) is 0 Å². The highest BCUT2D eigenvalue weighted by molar-refractivity contribution is 5.01. The van der Waals surface area contributed by atoms with Gasteiger partial charge >= 0.3 is 0 Å². The van der Waals surface area contributed by atoms with E-state index in [-0.39, 0.29) is 0 Å². The molecule has 0 fully saturated rings. The minimum Gasteiger partial charge on any atom is -0.383 e. The summed E-state index contributed by atoms with van der Waals surface area (Å²) in [6, 6.07) is 2.12. The van der Waals surface area contributed by atoms with Gasteiger partial charge in [0.05, 0.1) is 6.61 Å². The Morgan fingerprint density at radius 3 is 2.79 bits per heavy atom. The molecule has 4 nitrogen and oxygen atoms in total. The van der Waals surface area contributed by atoms with Gasteiger partial charge in [-0.1, -0.05) is 20.3 Å². The molecule has 1 N–H and O–H groups in total. The highest BCUT2D eigenvalue weighted by atomic mass is 16.5. The molecule has 1 heterocycles. The fraction of sp³-hybridized carbons (Fsp3) is 0.800. The largest absolute Gasteiger partial charge is 0.383 e. The van der Waals surface area contributed by atoms with E-state index in [1.54, 1.807) is 7.11 Å². The summed E-state index contributed by atoms with van der Waals surface area (Å²) in [6.07, 6.45) is 6.65. The second-order valence-corrected chi connectivity index (χ2v) is 5.68. The lowest BCUT2D eigenvalue weighted by molar-refractivity contribution is 0.187. The first-order chi connectivity index (χ1) is 9.11. The van der Waals surface area contributed by atoms with Gasteiger partial charge in [-0.3, -0.25) is 4.68 Å². The van der Waals surface area contributed by atoms with Gasteiger partial charge in [-0.05, 0) is 30.7 Å². The van der Waals surface area contributed by atoms with Gasteiger partial charge in [0.25, 0.3) is 0 Å². The van der Waals surface area contributed by atoms with Gasteiger partial charge in [0.1, 0.15) is 0 Å². The van der Waals surface area contributed by atoms with Crippen molar-refractivity contribution < 1.29 is 4.74 Å². The molecule has 1 unspecified atom stereocenters. The number of aryl methyl sites for hydroxylation is 2. The first-order valence-corrected chi connectivity index (χ1v) is 7.28. The maximum absolute atomic E-state index is 5.08. The number of nitrogens with one attached hydrogen (secondary N) is 1. The van der Waals surface area contributed by atoms with Gasteiger partial charge in [-0.15, -0.1) is 0 Å².